The number of benzene rings is 2. The zero-order chi connectivity index (χ0) is 17.8. The summed E-state index contributed by atoms with van der Waals surface area (Å²) >= 11 is 0. The SMILES string of the molecule is COc1ccc(-c2nnc(C(C)OC(=O)c3ccc(F)cc3)o2)cc1. The lowest BCUT2D eigenvalue weighted by Gasteiger charge is -2.09. The molecule has 0 aliphatic rings. The number of nitrogens with zero attached hydrogens (tertiary/aromatic N) is 2. The van der Waals surface area contributed by atoms with E-state index in [1.54, 1.807) is 38.3 Å². The Morgan fingerprint density at radius 1 is 1.08 bits per heavy atom. The third-order valence-electron chi connectivity index (χ3n) is 3.49. The summed E-state index contributed by atoms with van der Waals surface area (Å²) in [5.41, 5.74) is 0.958. The number of carbonyl (C=O) groups excluding carboxylic acids is 1. The molecule has 0 aliphatic carbocycles. The Balaban J connectivity index is 1.70. The zero-order valence-electron chi connectivity index (χ0n) is 13.6. The van der Waals surface area contributed by atoms with E-state index < -0.39 is 17.9 Å². The highest BCUT2D eigenvalue weighted by Crippen LogP contribution is 2.24. The second kappa shape index (κ2) is 7.12. The van der Waals surface area contributed by atoms with Crippen molar-refractivity contribution in [2.75, 3.05) is 7.11 Å². The first-order chi connectivity index (χ1) is 12.1. The fourth-order valence-corrected chi connectivity index (χ4v) is 2.11. The van der Waals surface area contributed by atoms with Crippen LogP contribution in [0.2, 0.25) is 0 Å². The summed E-state index contributed by atoms with van der Waals surface area (Å²) in [6.07, 6.45) is -0.739. The van der Waals surface area contributed by atoms with Crippen LogP contribution in [0, 0.1) is 5.82 Å². The molecule has 2 aromatic carbocycles. The normalized spacial score (nSPS) is 11.8. The van der Waals surface area contributed by atoms with E-state index in [-0.39, 0.29) is 11.5 Å². The average Bonchev–Trinajstić information content (AvgIpc) is 3.12. The number of hydrogen-bond donors (Lipinski definition) is 0. The minimum atomic E-state index is -0.739. The second-order valence-electron chi connectivity index (χ2n) is 5.23. The van der Waals surface area contributed by atoms with Crippen molar-refractivity contribution in [2.45, 2.75) is 13.0 Å². The molecule has 7 heteroatoms. The van der Waals surface area contributed by atoms with Crippen molar-refractivity contribution in [3.05, 3.63) is 65.8 Å². The van der Waals surface area contributed by atoms with Gasteiger partial charge in [-0.2, -0.15) is 0 Å². The molecule has 0 fully saturated rings. The van der Waals surface area contributed by atoms with E-state index in [4.69, 9.17) is 13.9 Å². The van der Waals surface area contributed by atoms with E-state index >= 15 is 0 Å². The van der Waals surface area contributed by atoms with E-state index in [1.807, 2.05) is 0 Å². The first kappa shape index (κ1) is 16.6. The van der Waals surface area contributed by atoms with Gasteiger partial charge in [-0.3, -0.25) is 0 Å². The van der Waals surface area contributed by atoms with Gasteiger partial charge in [-0.25, -0.2) is 9.18 Å². The van der Waals surface area contributed by atoms with Gasteiger partial charge >= 0.3 is 5.97 Å². The van der Waals surface area contributed by atoms with E-state index in [1.165, 1.54) is 24.3 Å². The van der Waals surface area contributed by atoms with Crippen LogP contribution in [0.3, 0.4) is 0 Å². The highest BCUT2D eigenvalue weighted by Gasteiger charge is 2.20. The molecule has 25 heavy (non-hydrogen) atoms. The van der Waals surface area contributed by atoms with Gasteiger partial charge in [0.05, 0.1) is 12.7 Å². The molecular weight excluding hydrogens is 327 g/mol. The van der Waals surface area contributed by atoms with Crippen LogP contribution in [-0.2, 0) is 4.74 Å². The maximum Gasteiger partial charge on any atom is 0.338 e. The summed E-state index contributed by atoms with van der Waals surface area (Å²) in [4.78, 5) is 12.0. The molecule has 0 N–H and O–H groups in total. The van der Waals surface area contributed by atoms with Crippen LogP contribution < -0.4 is 4.74 Å². The number of halogens is 1. The predicted molar refractivity (Wildman–Crippen MR) is 86.5 cm³/mol. The molecular formula is C18H15FN2O4. The zero-order valence-corrected chi connectivity index (χ0v) is 13.6. The molecule has 0 radical (unpaired) electrons. The molecule has 3 rings (SSSR count). The third-order valence-corrected chi connectivity index (χ3v) is 3.49. The van der Waals surface area contributed by atoms with Gasteiger partial charge in [0, 0.05) is 5.56 Å². The predicted octanol–water partition coefficient (Wildman–Crippen LogP) is 3.80. The minimum Gasteiger partial charge on any atom is -0.497 e. The number of aromatic nitrogens is 2. The van der Waals surface area contributed by atoms with Gasteiger partial charge in [-0.1, -0.05) is 0 Å². The monoisotopic (exact) mass is 342 g/mol. The largest absolute Gasteiger partial charge is 0.497 e. The molecule has 1 atom stereocenters. The molecule has 0 amide bonds. The maximum atomic E-state index is 12.9. The molecule has 0 spiro atoms. The van der Waals surface area contributed by atoms with Crippen molar-refractivity contribution in [2.24, 2.45) is 0 Å². The third kappa shape index (κ3) is 3.82. The number of methoxy groups -OCH3 is 1. The maximum absolute atomic E-state index is 12.9. The second-order valence-corrected chi connectivity index (χ2v) is 5.23. The molecule has 128 valence electrons. The van der Waals surface area contributed by atoms with Crippen molar-refractivity contribution < 1.29 is 23.1 Å². The standard InChI is InChI=1S/C18H15FN2O4/c1-11(24-18(22)13-3-7-14(19)8-4-13)16-20-21-17(25-16)12-5-9-15(23-2)10-6-12/h3-11H,1-2H3. The van der Waals surface area contributed by atoms with Crippen LogP contribution in [0.4, 0.5) is 4.39 Å². The number of rotatable bonds is 5. The summed E-state index contributed by atoms with van der Waals surface area (Å²) in [5.74, 6) is 0.163. The fourth-order valence-electron chi connectivity index (χ4n) is 2.11. The topological polar surface area (TPSA) is 74.5 Å². The Morgan fingerprint density at radius 2 is 1.76 bits per heavy atom. The lowest BCUT2D eigenvalue weighted by Crippen LogP contribution is -2.09. The summed E-state index contributed by atoms with van der Waals surface area (Å²) < 4.78 is 28.8. The summed E-state index contributed by atoms with van der Waals surface area (Å²) in [7, 11) is 1.58. The van der Waals surface area contributed by atoms with Gasteiger partial charge in [-0.15, -0.1) is 10.2 Å². The first-order valence-corrected chi connectivity index (χ1v) is 7.51. The highest BCUT2D eigenvalue weighted by molar-refractivity contribution is 5.89. The van der Waals surface area contributed by atoms with E-state index in [0.717, 1.165) is 5.56 Å². The molecule has 3 aromatic rings. The number of hydrogen-bond acceptors (Lipinski definition) is 6. The Morgan fingerprint density at radius 3 is 2.40 bits per heavy atom. The van der Waals surface area contributed by atoms with Crippen molar-refractivity contribution in [3.8, 4) is 17.2 Å². The van der Waals surface area contributed by atoms with Gasteiger partial charge in [0.2, 0.25) is 5.89 Å². The van der Waals surface area contributed by atoms with E-state index in [2.05, 4.69) is 10.2 Å². The summed E-state index contributed by atoms with van der Waals surface area (Å²) in [5, 5.41) is 7.87. The van der Waals surface area contributed by atoms with Crippen molar-refractivity contribution in [3.63, 3.8) is 0 Å². The average molecular weight is 342 g/mol. The Kier molecular flexibility index (Phi) is 4.74. The molecule has 0 saturated carbocycles. The molecule has 0 aliphatic heterocycles. The van der Waals surface area contributed by atoms with Gasteiger partial charge in [0.25, 0.3) is 5.89 Å². The van der Waals surface area contributed by atoms with Crippen molar-refractivity contribution in [1.29, 1.82) is 0 Å². The number of carbonyl (C=O) groups is 1. The van der Waals surface area contributed by atoms with Crippen LogP contribution in [0.1, 0.15) is 29.3 Å². The van der Waals surface area contributed by atoms with Crippen molar-refractivity contribution in [1.82, 2.24) is 10.2 Å². The molecule has 1 unspecified atom stereocenters. The van der Waals surface area contributed by atoms with Gasteiger partial charge in [0.1, 0.15) is 11.6 Å². The Labute approximate surface area is 143 Å². The fraction of sp³-hybridized carbons (Fsp3) is 0.167. The first-order valence-electron chi connectivity index (χ1n) is 7.51. The van der Waals surface area contributed by atoms with Crippen molar-refractivity contribution >= 4 is 5.97 Å². The Hall–Kier alpha value is -3.22. The smallest absolute Gasteiger partial charge is 0.338 e. The van der Waals surface area contributed by atoms with Gasteiger partial charge in [0.15, 0.2) is 6.10 Å². The Bertz CT molecular complexity index is 860. The summed E-state index contributed by atoms with van der Waals surface area (Å²) in [6, 6.07) is 12.2. The van der Waals surface area contributed by atoms with Crippen LogP contribution >= 0.6 is 0 Å². The van der Waals surface area contributed by atoms with Crippen LogP contribution in [-0.4, -0.2) is 23.3 Å². The van der Waals surface area contributed by atoms with Gasteiger partial charge < -0.3 is 13.9 Å². The molecule has 1 heterocycles. The number of esters is 1. The summed E-state index contributed by atoms with van der Waals surface area (Å²) in [6.45, 7) is 1.62. The molecule has 0 saturated heterocycles. The lowest BCUT2D eigenvalue weighted by molar-refractivity contribution is 0.0280. The quantitative estimate of drug-likeness (QED) is 0.657. The van der Waals surface area contributed by atoms with Crippen LogP contribution in [0.15, 0.2) is 52.9 Å². The van der Waals surface area contributed by atoms with E-state index in [0.29, 0.717) is 11.6 Å². The lowest BCUT2D eigenvalue weighted by atomic mass is 10.2. The molecule has 6 nitrogen and oxygen atoms in total. The van der Waals surface area contributed by atoms with E-state index in [9.17, 15) is 9.18 Å². The number of ether oxygens (including phenoxy) is 2. The molecule has 0 bridgehead atoms. The molecule has 1 aromatic heterocycles. The highest BCUT2D eigenvalue weighted by atomic mass is 19.1. The van der Waals surface area contributed by atoms with Gasteiger partial charge in [-0.05, 0) is 55.5 Å². The minimum absolute atomic E-state index is 0.168. The van der Waals surface area contributed by atoms with Crippen LogP contribution in [0.5, 0.6) is 5.75 Å². The van der Waals surface area contributed by atoms with Crippen LogP contribution in [0.25, 0.3) is 11.5 Å².